The summed E-state index contributed by atoms with van der Waals surface area (Å²) in [6, 6.07) is 11.4. The maximum absolute atomic E-state index is 12.2. The third kappa shape index (κ3) is 3.57. The van der Waals surface area contributed by atoms with Crippen molar-refractivity contribution in [2.24, 2.45) is 0 Å². The van der Waals surface area contributed by atoms with Gasteiger partial charge in [0.15, 0.2) is 5.82 Å². The summed E-state index contributed by atoms with van der Waals surface area (Å²) in [6.45, 7) is 2.84. The van der Waals surface area contributed by atoms with Crippen molar-refractivity contribution < 1.29 is 4.79 Å². The number of aromatic nitrogens is 6. The maximum atomic E-state index is 12.2. The Morgan fingerprint density at radius 3 is 2.87 bits per heavy atom. The van der Waals surface area contributed by atoms with Gasteiger partial charge in [0.25, 0.3) is 5.91 Å². The van der Waals surface area contributed by atoms with E-state index in [1.807, 2.05) is 43.5 Å². The zero-order valence-electron chi connectivity index (χ0n) is 16.8. The number of aromatic amines is 1. The Labute approximate surface area is 177 Å². The van der Waals surface area contributed by atoms with Gasteiger partial charge in [0.2, 0.25) is 0 Å². The standard InChI is InChI=1S/C22H20N8O/c1-13-2-5-18(25-11-13)22(31)24-8-9-30-12-16-15-4-3-14(17-6-7-26-28-17)10-19(15)27-21(23)20(16)29-30/h2-7,10-12H,8-9H2,1H3,(H2,23,27)(H,24,31)(H,26,28). The van der Waals surface area contributed by atoms with E-state index in [1.165, 1.54) is 0 Å². The fraction of sp³-hybridized carbons (Fsp3) is 0.136. The normalized spacial score (nSPS) is 11.3. The highest BCUT2D eigenvalue weighted by Gasteiger charge is 2.13. The molecule has 4 N–H and O–H groups in total. The van der Waals surface area contributed by atoms with E-state index in [-0.39, 0.29) is 5.91 Å². The summed E-state index contributed by atoms with van der Waals surface area (Å²) < 4.78 is 1.77. The third-order valence-corrected chi connectivity index (χ3v) is 5.10. The highest BCUT2D eigenvalue weighted by molar-refractivity contribution is 6.08. The number of rotatable bonds is 5. The summed E-state index contributed by atoms with van der Waals surface area (Å²) in [5.74, 6) is 0.155. The molecule has 31 heavy (non-hydrogen) atoms. The van der Waals surface area contributed by atoms with E-state index < -0.39 is 0 Å². The van der Waals surface area contributed by atoms with E-state index >= 15 is 0 Å². The van der Waals surface area contributed by atoms with Gasteiger partial charge >= 0.3 is 0 Å². The molecule has 4 aromatic heterocycles. The number of pyridine rings is 2. The summed E-state index contributed by atoms with van der Waals surface area (Å²) in [5.41, 5.74) is 10.8. The van der Waals surface area contributed by atoms with Crippen molar-refractivity contribution in [1.82, 2.24) is 35.3 Å². The summed E-state index contributed by atoms with van der Waals surface area (Å²) >= 11 is 0. The zero-order valence-corrected chi connectivity index (χ0v) is 16.8. The number of nitrogens with one attached hydrogen (secondary N) is 2. The highest BCUT2D eigenvalue weighted by atomic mass is 16.1. The second kappa shape index (κ2) is 7.52. The van der Waals surface area contributed by atoms with Gasteiger partial charge in [0.05, 0.1) is 17.8 Å². The Morgan fingerprint density at radius 2 is 2.10 bits per heavy atom. The minimum absolute atomic E-state index is 0.214. The molecule has 1 amide bonds. The predicted octanol–water partition coefficient (Wildman–Crippen LogP) is 2.69. The smallest absolute Gasteiger partial charge is 0.269 e. The molecule has 5 aromatic rings. The molecule has 5 rings (SSSR count). The lowest BCUT2D eigenvalue weighted by Gasteiger charge is -2.05. The molecule has 9 heteroatoms. The molecule has 0 saturated carbocycles. The number of H-pyrrole nitrogens is 1. The van der Waals surface area contributed by atoms with Gasteiger partial charge in [-0.1, -0.05) is 18.2 Å². The average molecular weight is 412 g/mol. The second-order valence-corrected chi connectivity index (χ2v) is 7.32. The molecule has 0 unspecified atom stereocenters. The molecule has 0 aliphatic carbocycles. The first-order valence-corrected chi connectivity index (χ1v) is 9.86. The summed E-state index contributed by atoms with van der Waals surface area (Å²) in [7, 11) is 0. The van der Waals surface area contributed by atoms with Crippen LogP contribution in [0.3, 0.4) is 0 Å². The number of nitrogen functional groups attached to an aromatic ring is 1. The first kappa shape index (κ1) is 18.7. The molecule has 1 aromatic carbocycles. The van der Waals surface area contributed by atoms with Gasteiger partial charge < -0.3 is 11.1 Å². The van der Waals surface area contributed by atoms with Gasteiger partial charge in [-0.25, -0.2) is 4.98 Å². The number of carbonyl (C=O) groups is 1. The molecule has 9 nitrogen and oxygen atoms in total. The lowest BCUT2D eigenvalue weighted by Crippen LogP contribution is -2.28. The lowest BCUT2D eigenvalue weighted by atomic mass is 10.1. The quantitative estimate of drug-likeness (QED) is 0.407. The molecule has 0 saturated heterocycles. The van der Waals surface area contributed by atoms with Crippen LogP contribution < -0.4 is 11.1 Å². The summed E-state index contributed by atoms with van der Waals surface area (Å²) in [4.78, 5) is 20.9. The first-order chi connectivity index (χ1) is 15.1. The fourth-order valence-electron chi connectivity index (χ4n) is 3.51. The van der Waals surface area contributed by atoms with E-state index in [9.17, 15) is 4.79 Å². The Bertz CT molecular complexity index is 1390. The zero-order chi connectivity index (χ0) is 21.4. The van der Waals surface area contributed by atoms with Crippen LogP contribution in [0.1, 0.15) is 16.1 Å². The largest absolute Gasteiger partial charge is 0.382 e. The molecule has 0 aliphatic heterocycles. The molecule has 0 bridgehead atoms. The van der Waals surface area contributed by atoms with Crippen molar-refractivity contribution in [3.8, 4) is 11.3 Å². The maximum Gasteiger partial charge on any atom is 0.269 e. The number of nitrogens with zero attached hydrogens (tertiary/aromatic N) is 5. The van der Waals surface area contributed by atoms with Crippen molar-refractivity contribution in [3.63, 3.8) is 0 Å². The van der Waals surface area contributed by atoms with Crippen LogP contribution in [-0.2, 0) is 6.54 Å². The third-order valence-electron chi connectivity index (χ3n) is 5.10. The van der Waals surface area contributed by atoms with E-state index in [2.05, 4.69) is 30.6 Å². The van der Waals surface area contributed by atoms with Crippen molar-refractivity contribution in [2.45, 2.75) is 13.5 Å². The van der Waals surface area contributed by atoms with Crippen LogP contribution in [0.2, 0.25) is 0 Å². The Morgan fingerprint density at radius 1 is 1.19 bits per heavy atom. The number of amides is 1. The van der Waals surface area contributed by atoms with Crippen molar-refractivity contribution in [3.05, 3.63) is 66.2 Å². The molecule has 0 atom stereocenters. The Kier molecular flexibility index (Phi) is 4.55. The van der Waals surface area contributed by atoms with E-state index in [0.717, 1.165) is 33.1 Å². The lowest BCUT2D eigenvalue weighted by molar-refractivity contribution is 0.0947. The molecule has 0 fully saturated rings. The number of nitrogens with two attached hydrogens (primary N) is 1. The minimum Gasteiger partial charge on any atom is -0.382 e. The molecular formula is C22H20N8O. The van der Waals surface area contributed by atoms with Crippen LogP contribution in [0, 0.1) is 6.92 Å². The molecule has 0 aliphatic rings. The number of anilines is 1. The van der Waals surface area contributed by atoms with Crippen molar-refractivity contribution in [2.75, 3.05) is 12.3 Å². The highest BCUT2D eigenvalue weighted by Crippen LogP contribution is 2.29. The number of benzene rings is 1. The SMILES string of the molecule is Cc1ccc(C(=O)NCCn2cc3c(n2)c(N)nc2cc(-c4cc[nH]n4)ccc23)nc1. The van der Waals surface area contributed by atoms with Crippen LogP contribution in [0.5, 0.6) is 0 Å². The molecule has 0 spiro atoms. The van der Waals surface area contributed by atoms with Crippen LogP contribution in [-0.4, -0.2) is 42.4 Å². The summed E-state index contributed by atoms with van der Waals surface area (Å²) in [6.07, 6.45) is 5.38. The average Bonchev–Trinajstić information content (AvgIpc) is 3.44. The van der Waals surface area contributed by atoms with E-state index in [4.69, 9.17) is 5.73 Å². The first-order valence-electron chi connectivity index (χ1n) is 9.86. The number of fused-ring (bicyclic) bond motifs is 3. The van der Waals surface area contributed by atoms with Crippen LogP contribution in [0.25, 0.3) is 33.1 Å². The molecule has 0 radical (unpaired) electrons. The fourth-order valence-corrected chi connectivity index (χ4v) is 3.51. The van der Waals surface area contributed by atoms with Crippen molar-refractivity contribution in [1.29, 1.82) is 0 Å². The minimum atomic E-state index is -0.214. The van der Waals surface area contributed by atoms with Crippen LogP contribution in [0.4, 0.5) is 5.82 Å². The molecule has 154 valence electrons. The van der Waals surface area contributed by atoms with Gasteiger partial charge in [-0.3, -0.25) is 19.6 Å². The predicted molar refractivity (Wildman–Crippen MR) is 118 cm³/mol. The number of aryl methyl sites for hydroxylation is 1. The van der Waals surface area contributed by atoms with E-state index in [1.54, 1.807) is 23.1 Å². The van der Waals surface area contributed by atoms with E-state index in [0.29, 0.717) is 30.1 Å². The van der Waals surface area contributed by atoms with Gasteiger partial charge in [-0.2, -0.15) is 10.2 Å². The van der Waals surface area contributed by atoms with Gasteiger partial charge in [-0.15, -0.1) is 0 Å². The molecular weight excluding hydrogens is 392 g/mol. The Hall–Kier alpha value is -4.27. The van der Waals surface area contributed by atoms with Crippen molar-refractivity contribution >= 4 is 33.5 Å². The second-order valence-electron chi connectivity index (χ2n) is 7.32. The van der Waals surface area contributed by atoms with Crippen LogP contribution >= 0.6 is 0 Å². The Balaban J connectivity index is 1.37. The van der Waals surface area contributed by atoms with Gasteiger partial charge in [-0.05, 0) is 30.7 Å². The van der Waals surface area contributed by atoms with Gasteiger partial charge in [0, 0.05) is 41.5 Å². The topological polar surface area (TPSA) is 127 Å². The van der Waals surface area contributed by atoms with Gasteiger partial charge in [0.1, 0.15) is 11.2 Å². The summed E-state index contributed by atoms with van der Waals surface area (Å²) in [5, 5.41) is 16.3. The molecule has 4 heterocycles. The monoisotopic (exact) mass is 412 g/mol. The van der Waals surface area contributed by atoms with Crippen LogP contribution in [0.15, 0.2) is 55.0 Å². The number of hydrogen-bond acceptors (Lipinski definition) is 6. The number of hydrogen-bond donors (Lipinski definition) is 3. The number of carbonyl (C=O) groups excluding carboxylic acids is 1.